The number of alkyl halides is 1. The van der Waals surface area contributed by atoms with Crippen LogP contribution in [-0.2, 0) is 19.6 Å². The van der Waals surface area contributed by atoms with Crippen LogP contribution in [0.3, 0.4) is 0 Å². The van der Waals surface area contributed by atoms with Crippen LogP contribution in [0.15, 0.2) is 0 Å². The van der Waals surface area contributed by atoms with Gasteiger partial charge in [0.05, 0.1) is 6.26 Å². The summed E-state index contributed by atoms with van der Waals surface area (Å²) in [7, 11) is -3.36. The number of urea groups is 1. The number of imide groups is 2. The molecule has 1 fully saturated rings. The van der Waals surface area contributed by atoms with Gasteiger partial charge >= 0.3 is 6.03 Å². The van der Waals surface area contributed by atoms with Crippen molar-refractivity contribution < 1.29 is 27.2 Å². The van der Waals surface area contributed by atoms with Gasteiger partial charge in [0, 0.05) is 13.1 Å². The van der Waals surface area contributed by atoms with Gasteiger partial charge in [-0.2, -0.15) is 0 Å². The molecule has 0 saturated carbocycles. The Hall–Kier alpha value is -1.55. The molecule has 1 saturated heterocycles. The molecule has 0 bridgehead atoms. The number of amides is 4. The molecule has 0 aromatic heterocycles. The fourth-order valence-electron chi connectivity index (χ4n) is 1.29. The third-order valence-corrected chi connectivity index (χ3v) is 2.84. The average Bonchev–Trinajstić information content (AvgIpc) is 2.23. The summed E-state index contributed by atoms with van der Waals surface area (Å²) in [5, 5.41) is 1.68. The van der Waals surface area contributed by atoms with Crippen molar-refractivity contribution in [2.24, 2.45) is 0 Å². The molecule has 0 spiro atoms. The van der Waals surface area contributed by atoms with Crippen molar-refractivity contribution in [2.45, 2.75) is 12.6 Å². The third-order valence-electron chi connectivity index (χ3n) is 2.11. The van der Waals surface area contributed by atoms with E-state index in [9.17, 15) is 27.2 Å². The van der Waals surface area contributed by atoms with Crippen LogP contribution < -0.4 is 10.0 Å². The van der Waals surface area contributed by atoms with Gasteiger partial charge in [0.1, 0.15) is 0 Å². The maximum Gasteiger partial charge on any atom is 0.330 e. The minimum Gasteiger partial charge on any atom is -0.275 e. The van der Waals surface area contributed by atoms with Crippen LogP contribution in [0.1, 0.15) is 6.42 Å². The molecule has 8 nitrogen and oxygen atoms in total. The number of carbonyl (C=O) groups is 3. The summed E-state index contributed by atoms with van der Waals surface area (Å²) in [4.78, 5) is 33.8. The van der Waals surface area contributed by atoms with Crippen LogP contribution >= 0.6 is 0 Å². The van der Waals surface area contributed by atoms with E-state index in [-0.39, 0.29) is 19.5 Å². The summed E-state index contributed by atoms with van der Waals surface area (Å²) >= 11 is 0. The highest BCUT2D eigenvalue weighted by Crippen LogP contribution is 2.07. The molecule has 102 valence electrons. The van der Waals surface area contributed by atoms with E-state index in [1.807, 2.05) is 0 Å². The zero-order valence-corrected chi connectivity index (χ0v) is 10.3. The number of hydrogen-bond acceptors (Lipinski definition) is 5. The molecule has 10 heteroatoms. The Balaban J connectivity index is 2.49. The summed E-state index contributed by atoms with van der Waals surface area (Å²) in [6.07, 6.45) is -1.32. The fourth-order valence-corrected chi connectivity index (χ4v) is 1.81. The number of hydrogen-bond donors (Lipinski definition) is 2. The number of nitrogens with one attached hydrogen (secondary N) is 2. The minimum atomic E-state index is -3.36. The second-order valence-electron chi connectivity index (χ2n) is 3.67. The maximum absolute atomic E-state index is 13.0. The monoisotopic (exact) mass is 281 g/mol. The van der Waals surface area contributed by atoms with E-state index >= 15 is 0 Å². The van der Waals surface area contributed by atoms with Crippen LogP contribution in [0.5, 0.6) is 0 Å². The SMILES string of the molecule is CS(=O)(=O)NCCCN1C(=O)NC(=O)C(F)C1=O. The zero-order chi connectivity index (χ0) is 13.9. The van der Waals surface area contributed by atoms with Crippen molar-refractivity contribution in [3.63, 3.8) is 0 Å². The number of halogens is 1. The van der Waals surface area contributed by atoms with Crippen LogP contribution in [0.4, 0.5) is 9.18 Å². The molecule has 1 aliphatic rings. The van der Waals surface area contributed by atoms with Crippen molar-refractivity contribution in [1.82, 2.24) is 14.9 Å². The third kappa shape index (κ3) is 3.74. The number of carbonyl (C=O) groups excluding carboxylic acids is 3. The van der Waals surface area contributed by atoms with E-state index in [1.165, 1.54) is 0 Å². The molecule has 2 N–H and O–H groups in total. The van der Waals surface area contributed by atoms with Gasteiger partial charge < -0.3 is 0 Å². The summed E-state index contributed by atoms with van der Waals surface area (Å²) in [6.45, 7) is -0.179. The maximum atomic E-state index is 13.0. The number of nitrogens with zero attached hydrogens (tertiary/aromatic N) is 1. The van der Waals surface area contributed by atoms with E-state index in [0.717, 1.165) is 6.26 Å². The number of barbiturate groups is 1. The van der Waals surface area contributed by atoms with Crippen LogP contribution in [0.2, 0.25) is 0 Å². The van der Waals surface area contributed by atoms with Crippen molar-refractivity contribution >= 4 is 27.9 Å². The standard InChI is InChI=1S/C8H12FN3O5S/c1-18(16,17)10-3-2-4-12-7(14)5(9)6(13)11-8(12)15/h5,10H,2-4H2,1H3,(H,11,13,15). The minimum absolute atomic E-state index is 0.000786. The molecule has 1 heterocycles. The molecule has 0 aliphatic carbocycles. The zero-order valence-electron chi connectivity index (χ0n) is 9.47. The van der Waals surface area contributed by atoms with Gasteiger partial charge in [-0.25, -0.2) is 22.3 Å². The number of rotatable bonds is 5. The Kier molecular flexibility index (Phi) is 4.35. The molecule has 0 aromatic rings. The van der Waals surface area contributed by atoms with Gasteiger partial charge in [-0.1, -0.05) is 0 Å². The smallest absolute Gasteiger partial charge is 0.275 e. The van der Waals surface area contributed by atoms with Gasteiger partial charge in [-0.3, -0.25) is 19.8 Å². The Bertz CT molecular complexity index is 477. The summed E-state index contributed by atoms with van der Waals surface area (Å²) in [5.74, 6) is -2.52. The lowest BCUT2D eigenvalue weighted by atomic mass is 10.2. The topological polar surface area (TPSA) is 113 Å². The highest BCUT2D eigenvalue weighted by atomic mass is 32.2. The van der Waals surface area contributed by atoms with Gasteiger partial charge in [0.25, 0.3) is 18.0 Å². The van der Waals surface area contributed by atoms with E-state index in [1.54, 1.807) is 5.32 Å². The van der Waals surface area contributed by atoms with Crippen molar-refractivity contribution in [1.29, 1.82) is 0 Å². The normalized spacial score (nSPS) is 21.1. The highest BCUT2D eigenvalue weighted by Gasteiger charge is 2.40. The Labute approximate surface area is 103 Å². The molecule has 1 aliphatic heterocycles. The lowest BCUT2D eigenvalue weighted by Gasteiger charge is -2.26. The molecule has 4 amide bonds. The molecule has 1 unspecified atom stereocenters. The lowest BCUT2D eigenvalue weighted by Crippen LogP contribution is -2.59. The lowest BCUT2D eigenvalue weighted by molar-refractivity contribution is -0.143. The summed E-state index contributed by atoms with van der Waals surface area (Å²) in [5.41, 5.74) is 0. The fraction of sp³-hybridized carbons (Fsp3) is 0.625. The first-order chi connectivity index (χ1) is 8.22. The largest absolute Gasteiger partial charge is 0.330 e. The molecule has 18 heavy (non-hydrogen) atoms. The Morgan fingerprint density at radius 1 is 1.39 bits per heavy atom. The molecule has 0 radical (unpaired) electrons. The highest BCUT2D eigenvalue weighted by molar-refractivity contribution is 7.88. The van der Waals surface area contributed by atoms with Gasteiger partial charge in [-0.05, 0) is 6.42 Å². The molecular weight excluding hydrogens is 269 g/mol. The van der Waals surface area contributed by atoms with Crippen molar-refractivity contribution in [3.8, 4) is 0 Å². The molecular formula is C8H12FN3O5S. The Morgan fingerprint density at radius 3 is 2.56 bits per heavy atom. The van der Waals surface area contributed by atoms with Crippen LogP contribution in [0.25, 0.3) is 0 Å². The van der Waals surface area contributed by atoms with Crippen molar-refractivity contribution in [2.75, 3.05) is 19.3 Å². The first-order valence-corrected chi connectivity index (χ1v) is 6.86. The van der Waals surface area contributed by atoms with Gasteiger partial charge in [0.2, 0.25) is 10.0 Å². The first-order valence-electron chi connectivity index (χ1n) is 4.97. The van der Waals surface area contributed by atoms with Crippen LogP contribution in [0, 0.1) is 0 Å². The van der Waals surface area contributed by atoms with E-state index in [0.29, 0.717) is 4.90 Å². The van der Waals surface area contributed by atoms with Crippen molar-refractivity contribution in [3.05, 3.63) is 0 Å². The predicted octanol–water partition coefficient (Wildman–Crippen LogP) is -1.66. The van der Waals surface area contributed by atoms with Gasteiger partial charge in [0.15, 0.2) is 0 Å². The van der Waals surface area contributed by atoms with Crippen LogP contribution in [-0.4, -0.2) is 56.7 Å². The molecule has 1 atom stereocenters. The van der Waals surface area contributed by atoms with E-state index in [4.69, 9.17) is 0 Å². The van der Waals surface area contributed by atoms with E-state index in [2.05, 4.69) is 4.72 Å². The molecule has 0 aromatic carbocycles. The second-order valence-corrected chi connectivity index (χ2v) is 5.50. The van der Waals surface area contributed by atoms with E-state index < -0.39 is 34.0 Å². The quantitative estimate of drug-likeness (QED) is 0.463. The first kappa shape index (κ1) is 14.5. The Morgan fingerprint density at radius 2 is 2.00 bits per heavy atom. The summed E-state index contributed by atoms with van der Waals surface area (Å²) < 4.78 is 36.6. The number of sulfonamides is 1. The van der Waals surface area contributed by atoms with Gasteiger partial charge in [-0.15, -0.1) is 0 Å². The average molecular weight is 281 g/mol. The summed E-state index contributed by atoms with van der Waals surface area (Å²) in [6, 6.07) is -1.00. The second kappa shape index (κ2) is 5.40. The molecule has 1 rings (SSSR count). The predicted molar refractivity (Wildman–Crippen MR) is 57.6 cm³/mol.